The Kier molecular flexibility index (Phi) is 9.85. The summed E-state index contributed by atoms with van der Waals surface area (Å²) in [5.41, 5.74) is 0.340. The molecule has 1 atom stereocenters. The van der Waals surface area contributed by atoms with Crippen molar-refractivity contribution in [3.63, 3.8) is 0 Å². The lowest BCUT2D eigenvalue weighted by atomic mass is 10.0. The van der Waals surface area contributed by atoms with E-state index in [2.05, 4.69) is 5.32 Å². The second-order valence-corrected chi connectivity index (χ2v) is 9.53. The van der Waals surface area contributed by atoms with Gasteiger partial charge in [0.25, 0.3) is 0 Å². The number of amides is 2. The number of benzene rings is 2. The van der Waals surface area contributed by atoms with Crippen LogP contribution in [0, 0.1) is 0 Å². The van der Waals surface area contributed by atoms with Gasteiger partial charge >= 0.3 is 0 Å². The van der Waals surface area contributed by atoms with Crippen molar-refractivity contribution in [1.29, 1.82) is 0 Å². The molecule has 1 N–H and O–H groups in total. The van der Waals surface area contributed by atoms with Crippen molar-refractivity contribution in [2.45, 2.75) is 65.1 Å². The monoisotopic (exact) mass is 478 g/mol. The number of carbonyl (C=O) groups excluding carboxylic acids is 2. The fourth-order valence-corrected chi connectivity index (χ4v) is 3.75. The Hall–Kier alpha value is -2.24. The van der Waals surface area contributed by atoms with Gasteiger partial charge in [-0.15, -0.1) is 0 Å². The highest BCUT2D eigenvalue weighted by Crippen LogP contribution is 2.24. The Morgan fingerprint density at radius 2 is 1.78 bits per heavy atom. The molecule has 0 saturated heterocycles. The first-order chi connectivity index (χ1) is 15.1. The molecule has 2 aromatic rings. The molecule has 0 saturated carbocycles. The van der Waals surface area contributed by atoms with Crippen LogP contribution in [-0.4, -0.2) is 34.9 Å². The van der Waals surface area contributed by atoms with Gasteiger partial charge in [-0.2, -0.15) is 0 Å². The van der Waals surface area contributed by atoms with Crippen LogP contribution in [0.25, 0.3) is 0 Å². The summed E-state index contributed by atoms with van der Waals surface area (Å²) in [4.78, 5) is 27.8. The number of halogens is 2. The summed E-state index contributed by atoms with van der Waals surface area (Å²) in [6, 6.07) is 14.0. The summed E-state index contributed by atoms with van der Waals surface area (Å²) in [6.45, 7) is 8.29. The Morgan fingerprint density at radius 1 is 1.09 bits per heavy atom. The van der Waals surface area contributed by atoms with E-state index in [4.69, 9.17) is 27.9 Å². The lowest BCUT2D eigenvalue weighted by Crippen LogP contribution is -2.53. The number of ether oxygens (including phenoxy) is 1. The van der Waals surface area contributed by atoms with Crippen molar-refractivity contribution in [3.05, 3.63) is 64.1 Å². The van der Waals surface area contributed by atoms with E-state index in [0.29, 0.717) is 29.5 Å². The SMILES string of the molecule is CC[C@@H](C(=O)NC(C)(C)C)N(Cc1ccc(Cl)cc1Cl)C(=O)CCCOc1ccccc1. The molecule has 5 nitrogen and oxygen atoms in total. The van der Waals surface area contributed by atoms with Gasteiger partial charge in [0, 0.05) is 28.5 Å². The zero-order chi connectivity index (χ0) is 23.7. The molecule has 0 radical (unpaired) electrons. The van der Waals surface area contributed by atoms with E-state index in [1.807, 2.05) is 58.0 Å². The second-order valence-electron chi connectivity index (χ2n) is 8.69. The van der Waals surface area contributed by atoms with E-state index >= 15 is 0 Å². The number of hydrogen-bond acceptors (Lipinski definition) is 3. The van der Waals surface area contributed by atoms with Crippen LogP contribution in [0.4, 0.5) is 0 Å². The van der Waals surface area contributed by atoms with Crippen molar-refractivity contribution in [2.24, 2.45) is 0 Å². The Labute approximate surface area is 201 Å². The highest BCUT2D eigenvalue weighted by atomic mass is 35.5. The molecule has 2 rings (SSSR count). The molecule has 0 aliphatic heterocycles. The van der Waals surface area contributed by atoms with E-state index in [1.54, 1.807) is 23.1 Å². The maximum Gasteiger partial charge on any atom is 0.243 e. The highest BCUT2D eigenvalue weighted by Gasteiger charge is 2.30. The molecule has 7 heteroatoms. The van der Waals surface area contributed by atoms with Crippen LogP contribution in [-0.2, 0) is 16.1 Å². The molecule has 174 valence electrons. The minimum absolute atomic E-state index is 0.122. The van der Waals surface area contributed by atoms with E-state index in [9.17, 15) is 9.59 Å². The quantitative estimate of drug-likeness (QED) is 0.434. The molecular formula is C25H32Cl2N2O3. The molecule has 0 heterocycles. The number of carbonyl (C=O) groups is 2. The largest absolute Gasteiger partial charge is 0.494 e. The zero-order valence-corrected chi connectivity index (χ0v) is 20.7. The van der Waals surface area contributed by atoms with Gasteiger partial charge in [-0.3, -0.25) is 9.59 Å². The summed E-state index contributed by atoms with van der Waals surface area (Å²) in [7, 11) is 0. The van der Waals surface area contributed by atoms with Crippen LogP contribution < -0.4 is 10.1 Å². The van der Waals surface area contributed by atoms with Crippen LogP contribution in [0.1, 0.15) is 52.5 Å². The Bertz CT molecular complexity index is 898. The van der Waals surface area contributed by atoms with Crippen LogP contribution >= 0.6 is 23.2 Å². The van der Waals surface area contributed by atoms with Gasteiger partial charge in [-0.25, -0.2) is 0 Å². The predicted octanol–water partition coefficient (Wildman–Crippen LogP) is 5.87. The lowest BCUT2D eigenvalue weighted by molar-refractivity contribution is -0.142. The summed E-state index contributed by atoms with van der Waals surface area (Å²) < 4.78 is 5.70. The summed E-state index contributed by atoms with van der Waals surface area (Å²) in [6.07, 6.45) is 1.28. The van der Waals surface area contributed by atoms with Crippen molar-refractivity contribution >= 4 is 35.0 Å². The van der Waals surface area contributed by atoms with Crippen molar-refractivity contribution in [3.8, 4) is 5.75 Å². The molecule has 0 spiro atoms. The number of para-hydroxylation sites is 1. The third-order valence-corrected chi connectivity index (χ3v) is 5.37. The van der Waals surface area contributed by atoms with Gasteiger partial charge < -0.3 is 15.0 Å². The maximum atomic E-state index is 13.2. The van der Waals surface area contributed by atoms with Crippen LogP contribution in [0.5, 0.6) is 5.75 Å². The van der Waals surface area contributed by atoms with Gasteiger partial charge in [0.15, 0.2) is 0 Å². The Balaban J connectivity index is 2.13. The number of nitrogens with zero attached hydrogens (tertiary/aromatic N) is 1. The van der Waals surface area contributed by atoms with Crippen molar-refractivity contribution < 1.29 is 14.3 Å². The molecule has 0 aliphatic rings. The number of hydrogen-bond donors (Lipinski definition) is 1. The lowest BCUT2D eigenvalue weighted by Gasteiger charge is -2.33. The fourth-order valence-electron chi connectivity index (χ4n) is 3.28. The minimum Gasteiger partial charge on any atom is -0.494 e. The highest BCUT2D eigenvalue weighted by molar-refractivity contribution is 6.35. The summed E-state index contributed by atoms with van der Waals surface area (Å²) in [5.74, 6) is 0.461. The van der Waals surface area contributed by atoms with E-state index in [0.717, 1.165) is 11.3 Å². The van der Waals surface area contributed by atoms with Crippen LogP contribution in [0.15, 0.2) is 48.5 Å². The summed E-state index contributed by atoms with van der Waals surface area (Å²) in [5, 5.41) is 3.98. The van der Waals surface area contributed by atoms with Gasteiger partial charge in [0.1, 0.15) is 11.8 Å². The van der Waals surface area contributed by atoms with Crippen LogP contribution in [0.2, 0.25) is 10.0 Å². The Morgan fingerprint density at radius 3 is 2.38 bits per heavy atom. The summed E-state index contributed by atoms with van der Waals surface area (Å²) >= 11 is 12.4. The van der Waals surface area contributed by atoms with Gasteiger partial charge in [0.05, 0.1) is 6.61 Å². The molecular weight excluding hydrogens is 447 g/mol. The first-order valence-electron chi connectivity index (χ1n) is 10.8. The second kappa shape index (κ2) is 12.1. The normalized spacial score (nSPS) is 12.2. The molecule has 0 bridgehead atoms. The van der Waals surface area contributed by atoms with E-state index in [1.165, 1.54) is 0 Å². The molecule has 2 amide bonds. The molecule has 0 unspecified atom stereocenters. The predicted molar refractivity (Wildman–Crippen MR) is 130 cm³/mol. The van der Waals surface area contributed by atoms with Crippen molar-refractivity contribution in [1.82, 2.24) is 10.2 Å². The average molecular weight is 479 g/mol. The van der Waals surface area contributed by atoms with Crippen LogP contribution in [0.3, 0.4) is 0 Å². The zero-order valence-electron chi connectivity index (χ0n) is 19.2. The minimum atomic E-state index is -0.608. The third kappa shape index (κ3) is 8.36. The van der Waals surface area contributed by atoms with E-state index in [-0.39, 0.29) is 24.8 Å². The first-order valence-corrected chi connectivity index (χ1v) is 11.6. The average Bonchev–Trinajstić information content (AvgIpc) is 2.72. The number of rotatable bonds is 10. The van der Waals surface area contributed by atoms with Crippen molar-refractivity contribution in [2.75, 3.05) is 6.61 Å². The molecule has 0 aliphatic carbocycles. The number of nitrogens with one attached hydrogen (secondary N) is 1. The van der Waals surface area contributed by atoms with Gasteiger partial charge in [0.2, 0.25) is 11.8 Å². The smallest absolute Gasteiger partial charge is 0.243 e. The first kappa shape index (κ1) is 26.0. The topological polar surface area (TPSA) is 58.6 Å². The molecule has 0 aromatic heterocycles. The third-order valence-electron chi connectivity index (χ3n) is 4.79. The fraction of sp³-hybridized carbons (Fsp3) is 0.440. The molecule has 2 aromatic carbocycles. The molecule has 32 heavy (non-hydrogen) atoms. The van der Waals surface area contributed by atoms with Gasteiger partial charge in [-0.05, 0) is 63.4 Å². The standard InChI is InChI=1S/C25H32Cl2N2O3/c1-5-22(24(31)28-25(2,3)4)29(17-18-13-14-19(26)16-21(18)27)23(30)12-9-15-32-20-10-7-6-8-11-20/h6-8,10-11,13-14,16,22H,5,9,12,15,17H2,1-4H3,(H,28,31)/t22-/m0/s1. The van der Waals surface area contributed by atoms with E-state index < -0.39 is 11.6 Å². The molecule has 0 fully saturated rings. The maximum absolute atomic E-state index is 13.2. The van der Waals surface area contributed by atoms with Gasteiger partial charge in [-0.1, -0.05) is 54.4 Å².